The fraction of sp³-hybridized carbons (Fsp3) is 0.125. The van der Waals surface area contributed by atoms with Gasteiger partial charge in [0.2, 0.25) is 11.9 Å². The Morgan fingerprint density at radius 2 is 1.96 bits per heavy atom. The predicted octanol–water partition coefficient (Wildman–Crippen LogP) is 2.37. The van der Waals surface area contributed by atoms with Crippen molar-refractivity contribution >= 4 is 17.5 Å². The van der Waals surface area contributed by atoms with Gasteiger partial charge in [-0.3, -0.25) is 4.79 Å². The molecule has 0 saturated carbocycles. The zero-order chi connectivity index (χ0) is 16.4. The van der Waals surface area contributed by atoms with Gasteiger partial charge in [-0.25, -0.2) is 0 Å². The smallest absolute Gasteiger partial charge is 0.231 e. The molecule has 0 N–H and O–H groups in total. The SMILES string of the molecule is O=C(CSc1nnnn1-c1ccccc1)c1ccc2c(c1)OCO2. The lowest BCUT2D eigenvalue weighted by atomic mass is 10.1. The largest absolute Gasteiger partial charge is 0.454 e. The number of nitrogens with zero attached hydrogens (tertiary/aromatic N) is 4. The van der Waals surface area contributed by atoms with Gasteiger partial charge < -0.3 is 9.47 Å². The number of rotatable bonds is 5. The molecule has 0 bridgehead atoms. The fourth-order valence-electron chi connectivity index (χ4n) is 2.28. The molecule has 120 valence electrons. The van der Waals surface area contributed by atoms with Crippen molar-refractivity contribution in [1.82, 2.24) is 20.2 Å². The maximum absolute atomic E-state index is 12.4. The molecule has 7 nitrogen and oxygen atoms in total. The summed E-state index contributed by atoms with van der Waals surface area (Å²) in [6, 6.07) is 14.7. The van der Waals surface area contributed by atoms with E-state index in [1.165, 1.54) is 11.8 Å². The molecule has 0 saturated heterocycles. The summed E-state index contributed by atoms with van der Waals surface area (Å²) in [6.45, 7) is 0.188. The van der Waals surface area contributed by atoms with Crippen LogP contribution in [0.15, 0.2) is 53.7 Å². The van der Waals surface area contributed by atoms with Gasteiger partial charge in [-0.1, -0.05) is 30.0 Å². The average Bonchev–Trinajstić information content (AvgIpc) is 3.28. The van der Waals surface area contributed by atoms with Crippen LogP contribution in [0.1, 0.15) is 10.4 Å². The highest BCUT2D eigenvalue weighted by atomic mass is 32.2. The minimum absolute atomic E-state index is 0.0269. The second-order valence-electron chi connectivity index (χ2n) is 4.99. The first-order chi connectivity index (χ1) is 11.8. The molecule has 1 aromatic heterocycles. The number of carbonyl (C=O) groups is 1. The summed E-state index contributed by atoms with van der Waals surface area (Å²) in [5.41, 5.74) is 1.42. The summed E-state index contributed by atoms with van der Waals surface area (Å²) in [7, 11) is 0. The van der Waals surface area contributed by atoms with Crippen LogP contribution in [0.25, 0.3) is 5.69 Å². The van der Waals surface area contributed by atoms with E-state index in [2.05, 4.69) is 15.5 Å². The van der Waals surface area contributed by atoms with Crippen molar-refractivity contribution < 1.29 is 14.3 Å². The number of benzene rings is 2. The summed E-state index contributed by atoms with van der Waals surface area (Å²) >= 11 is 1.29. The zero-order valence-electron chi connectivity index (χ0n) is 12.5. The number of fused-ring (bicyclic) bond motifs is 1. The molecule has 8 heteroatoms. The Hall–Kier alpha value is -2.87. The van der Waals surface area contributed by atoms with E-state index in [-0.39, 0.29) is 18.3 Å². The molecule has 2 heterocycles. The van der Waals surface area contributed by atoms with Crippen LogP contribution in [0.4, 0.5) is 0 Å². The number of ether oxygens (including phenoxy) is 2. The summed E-state index contributed by atoms with van der Waals surface area (Å²) in [6.07, 6.45) is 0. The molecule has 0 amide bonds. The summed E-state index contributed by atoms with van der Waals surface area (Å²) < 4.78 is 12.2. The number of Topliss-reactive ketones (excluding diaryl/α,β-unsaturated/α-hetero) is 1. The van der Waals surface area contributed by atoms with Crippen molar-refractivity contribution in [3.8, 4) is 17.2 Å². The number of hydrogen-bond donors (Lipinski definition) is 0. The van der Waals surface area contributed by atoms with Gasteiger partial charge in [-0.05, 0) is 40.8 Å². The lowest BCUT2D eigenvalue weighted by Gasteiger charge is -2.04. The van der Waals surface area contributed by atoms with E-state index in [0.29, 0.717) is 22.2 Å². The quantitative estimate of drug-likeness (QED) is 0.521. The molecule has 3 aromatic rings. The molecule has 24 heavy (non-hydrogen) atoms. The summed E-state index contributed by atoms with van der Waals surface area (Å²) in [5.74, 6) is 1.46. The highest BCUT2D eigenvalue weighted by Crippen LogP contribution is 2.33. The third-order valence-electron chi connectivity index (χ3n) is 3.47. The Bertz CT molecular complexity index is 882. The van der Waals surface area contributed by atoms with E-state index in [1.807, 2.05) is 30.3 Å². The first-order valence-electron chi connectivity index (χ1n) is 7.21. The molecule has 4 rings (SSSR count). The number of ketones is 1. The number of thioether (sulfide) groups is 1. The van der Waals surface area contributed by atoms with Crippen molar-refractivity contribution in [3.05, 3.63) is 54.1 Å². The molecule has 0 aliphatic carbocycles. The minimum Gasteiger partial charge on any atom is -0.454 e. The van der Waals surface area contributed by atoms with Crippen molar-refractivity contribution in [2.75, 3.05) is 12.5 Å². The van der Waals surface area contributed by atoms with Crippen molar-refractivity contribution in [2.45, 2.75) is 5.16 Å². The third kappa shape index (κ3) is 2.83. The Kier molecular flexibility index (Phi) is 3.87. The molecule has 0 radical (unpaired) electrons. The monoisotopic (exact) mass is 340 g/mol. The maximum Gasteiger partial charge on any atom is 0.231 e. The van der Waals surface area contributed by atoms with Gasteiger partial charge in [0, 0.05) is 5.56 Å². The average molecular weight is 340 g/mol. The normalized spacial score (nSPS) is 12.3. The van der Waals surface area contributed by atoms with Crippen LogP contribution < -0.4 is 9.47 Å². The molecule has 0 fully saturated rings. The highest BCUT2D eigenvalue weighted by Gasteiger charge is 2.17. The van der Waals surface area contributed by atoms with E-state index < -0.39 is 0 Å². The van der Waals surface area contributed by atoms with Gasteiger partial charge >= 0.3 is 0 Å². The first-order valence-corrected chi connectivity index (χ1v) is 8.19. The molecular formula is C16H12N4O3S. The Morgan fingerprint density at radius 3 is 2.83 bits per heavy atom. The highest BCUT2D eigenvalue weighted by molar-refractivity contribution is 7.99. The second-order valence-corrected chi connectivity index (χ2v) is 5.93. The van der Waals surface area contributed by atoms with Crippen LogP contribution in [0.3, 0.4) is 0 Å². The van der Waals surface area contributed by atoms with Crippen LogP contribution in [0, 0.1) is 0 Å². The fourth-order valence-corrected chi connectivity index (χ4v) is 3.07. The summed E-state index contributed by atoms with van der Waals surface area (Å²) in [4.78, 5) is 12.4. The van der Waals surface area contributed by atoms with Crippen LogP contribution in [-0.4, -0.2) is 38.5 Å². The lowest BCUT2D eigenvalue weighted by Crippen LogP contribution is -2.05. The van der Waals surface area contributed by atoms with E-state index in [4.69, 9.17) is 9.47 Å². The number of para-hydroxylation sites is 1. The summed E-state index contributed by atoms with van der Waals surface area (Å²) in [5, 5.41) is 12.2. The molecular weight excluding hydrogens is 328 g/mol. The Labute approximate surface area is 141 Å². The van der Waals surface area contributed by atoms with Gasteiger partial charge in [-0.2, -0.15) is 4.68 Å². The van der Waals surface area contributed by atoms with E-state index in [0.717, 1.165) is 5.69 Å². The molecule has 2 aromatic carbocycles. The third-order valence-corrected chi connectivity index (χ3v) is 4.39. The molecule has 0 unspecified atom stereocenters. The van der Waals surface area contributed by atoms with Gasteiger partial charge in [0.15, 0.2) is 17.3 Å². The first kappa shape index (κ1) is 14.7. The molecule has 0 atom stereocenters. The zero-order valence-corrected chi connectivity index (χ0v) is 13.3. The van der Waals surface area contributed by atoms with Gasteiger partial charge in [0.1, 0.15) is 0 Å². The minimum atomic E-state index is -0.0269. The van der Waals surface area contributed by atoms with Gasteiger partial charge in [0.25, 0.3) is 0 Å². The number of hydrogen-bond acceptors (Lipinski definition) is 7. The van der Waals surface area contributed by atoms with Crippen LogP contribution in [0.5, 0.6) is 11.5 Å². The topological polar surface area (TPSA) is 79.1 Å². The standard InChI is InChI=1S/C16H12N4O3S/c21-13(11-6-7-14-15(8-11)23-10-22-14)9-24-16-17-18-19-20(16)12-4-2-1-3-5-12/h1-8H,9-10H2. The number of aromatic nitrogens is 4. The van der Waals surface area contributed by atoms with Gasteiger partial charge in [0.05, 0.1) is 11.4 Å². The number of carbonyl (C=O) groups excluding carboxylic acids is 1. The van der Waals surface area contributed by atoms with E-state index in [9.17, 15) is 4.79 Å². The van der Waals surface area contributed by atoms with Crippen molar-refractivity contribution in [3.63, 3.8) is 0 Å². The predicted molar refractivity (Wildman–Crippen MR) is 86.8 cm³/mol. The van der Waals surface area contributed by atoms with E-state index in [1.54, 1.807) is 22.9 Å². The van der Waals surface area contributed by atoms with Crippen molar-refractivity contribution in [2.24, 2.45) is 0 Å². The van der Waals surface area contributed by atoms with E-state index >= 15 is 0 Å². The van der Waals surface area contributed by atoms with Crippen LogP contribution >= 0.6 is 11.8 Å². The lowest BCUT2D eigenvalue weighted by molar-refractivity contribution is 0.102. The molecule has 0 spiro atoms. The Morgan fingerprint density at radius 1 is 1.12 bits per heavy atom. The molecule has 1 aliphatic rings. The second kappa shape index (κ2) is 6.32. The van der Waals surface area contributed by atoms with Crippen LogP contribution in [-0.2, 0) is 0 Å². The Balaban J connectivity index is 1.48. The number of tetrazole rings is 1. The molecule has 1 aliphatic heterocycles. The van der Waals surface area contributed by atoms with Crippen molar-refractivity contribution in [1.29, 1.82) is 0 Å². The van der Waals surface area contributed by atoms with Crippen LogP contribution in [0.2, 0.25) is 0 Å². The maximum atomic E-state index is 12.4. The van der Waals surface area contributed by atoms with Gasteiger partial charge in [-0.15, -0.1) is 5.10 Å².